The van der Waals surface area contributed by atoms with Crippen molar-refractivity contribution in [2.75, 3.05) is 12.3 Å². The average molecular weight is 494 g/mol. The fourth-order valence-electron chi connectivity index (χ4n) is 4.41. The minimum Gasteiger partial charge on any atom is -0.461 e. The Hall–Kier alpha value is -4.30. The first-order valence-corrected chi connectivity index (χ1v) is 12.7. The number of furan rings is 1. The number of carbonyl (C=O) groups is 1. The summed E-state index contributed by atoms with van der Waals surface area (Å²) in [6.45, 7) is 0.564. The van der Waals surface area contributed by atoms with Gasteiger partial charge in [-0.15, -0.1) is 10.2 Å². The smallest absolute Gasteiger partial charge is 0.230 e. The summed E-state index contributed by atoms with van der Waals surface area (Å²) in [6, 6.07) is 26.1. The minimum absolute atomic E-state index is 0.0492. The number of benzene rings is 3. The van der Waals surface area contributed by atoms with E-state index in [1.54, 1.807) is 6.26 Å². The van der Waals surface area contributed by atoms with Crippen LogP contribution in [0.5, 0.6) is 0 Å². The van der Waals surface area contributed by atoms with E-state index in [9.17, 15) is 4.79 Å². The van der Waals surface area contributed by atoms with Gasteiger partial charge in [-0.3, -0.25) is 9.36 Å². The summed E-state index contributed by atoms with van der Waals surface area (Å²) in [7, 11) is 0. The van der Waals surface area contributed by atoms with Crippen molar-refractivity contribution in [2.45, 2.75) is 11.6 Å². The normalized spacial score (nSPS) is 11.3. The Kier molecular flexibility index (Phi) is 6.01. The van der Waals surface area contributed by atoms with Crippen LogP contribution in [0, 0.1) is 0 Å². The first kappa shape index (κ1) is 22.2. The quantitative estimate of drug-likeness (QED) is 0.269. The zero-order valence-corrected chi connectivity index (χ0v) is 20.2. The third-order valence-corrected chi connectivity index (χ3v) is 7.04. The summed E-state index contributed by atoms with van der Waals surface area (Å²) in [5.41, 5.74) is 3.23. The summed E-state index contributed by atoms with van der Waals surface area (Å²) >= 11 is 1.36. The van der Waals surface area contributed by atoms with Crippen molar-refractivity contribution < 1.29 is 9.21 Å². The van der Waals surface area contributed by atoms with Crippen LogP contribution in [-0.2, 0) is 11.2 Å². The molecule has 0 atom stereocenters. The summed E-state index contributed by atoms with van der Waals surface area (Å²) in [5, 5.41) is 15.8. The molecule has 3 aromatic heterocycles. The van der Waals surface area contributed by atoms with Gasteiger partial charge in [-0.25, -0.2) is 0 Å². The Morgan fingerprint density at radius 1 is 0.944 bits per heavy atom. The van der Waals surface area contributed by atoms with Gasteiger partial charge in [-0.1, -0.05) is 66.4 Å². The molecule has 0 bridgehead atoms. The Bertz CT molecular complexity index is 1650. The number of aromatic nitrogens is 4. The molecule has 0 radical (unpaired) electrons. The van der Waals surface area contributed by atoms with E-state index >= 15 is 0 Å². The van der Waals surface area contributed by atoms with Crippen LogP contribution in [0.3, 0.4) is 0 Å². The van der Waals surface area contributed by atoms with Crippen LogP contribution in [0.15, 0.2) is 101 Å². The number of H-pyrrole nitrogens is 1. The maximum Gasteiger partial charge on any atom is 0.230 e. The summed E-state index contributed by atoms with van der Waals surface area (Å²) in [4.78, 5) is 16.0. The highest BCUT2D eigenvalue weighted by atomic mass is 32.2. The van der Waals surface area contributed by atoms with Crippen molar-refractivity contribution in [2.24, 2.45) is 0 Å². The number of para-hydroxylation sites is 1. The fourth-order valence-corrected chi connectivity index (χ4v) is 5.18. The lowest BCUT2D eigenvalue weighted by atomic mass is 10.1. The van der Waals surface area contributed by atoms with Crippen LogP contribution in [0.1, 0.15) is 5.56 Å². The first-order chi connectivity index (χ1) is 17.8. The van der Waals surface area contributed by atoms with Crippen molar-refractivity contribution in [3.05, 3.63) is 96.9 Å². The van der Waals surface area contributed by atoms with Crippen molar-refractivity contribution in [1.29, 1.82) is 0 Å². The van der Waals surface area contributed by atoms with Crippen LogP contribution < -0.4 is 5.32 Å². The molecule has 0 aliphatic carbocycles. The molecule has 3 aromatic carbocycles. The molecule has 3 heterocycles. The maximum atomic E-state index is 12.7. The van der Waals surface area contributed by atoms with Crippen molar-refractivity contribution in [1.82, 2.24) is 25.1 Å². The second-order valence-electron chi connectivity index (χ2n) is 8.37. The fraction of sp³-hybridized carbons (Fsp3) is 0.107. The molecule has 0 unspecified atom stereocenters. The zero-order chi connectivity index (χ0) is 24.3. The van der Waals surface area contributed by atoms with Gasteiger partial charge in [0.25, 0.3) is 0 Å². The highest BCUT2D eigenvalue weighted by Crippen LogP contribution is 2.32. The third kappa shape index (κ3) is 4.27. The van der Waals surface area contributed by atoms with Gasteiger partial charge < -0.3 is 14.7 Å². The van der Waals surface area contributed by atoms with Gasteiger partial charge in [0, 0.05) is 29.0 Å². The number of carbonyl (C=O) groups excluding carboxylic acids is 1. The average Bonchev–Trinajstić information content (AvgIpc) is 3.67. The molecule has 2 N–H and O–H groups in total. The van der Waals surface area contributed by atoms with Gasteiger partial charge >= 0.3 is 0 Å². The van der Waals surface area contributed by atoms with E-state index in [2.05, 4.69) is 50.8 Å². The molecule has 6 aromatic rings. The molecule has 0 saturated carbocycles. The lowest BCUT2D eigenvalue weighted by Crippen LogP contribution is -2.27. The second-order valence-corrected chi connectivity index (χ2v) is 9.31. The van der Waals surface area contributed by atoms with E-state index in [0.717, 1.165) is 28.4 Å². The minimum atomic E-state index is -0.0492. The highest BCUT2D eigenvalue weighted by molar-refractivity contribution is 7.99. The number of nitrogens with one attached hydrogen (secondary N) is 2. The number of amides is 1. The summed E-state index contributed by atoms with van der Waals surface area (Å²) in [6.07, 6.45) is 4.38. The van der Waals surface area contributed by atoms with Crippen LogP contribution in [0.2, 0.25) is 0 Å². The molecular formula is C28H23N5O2S. The predicted molar refractivity (Wildman–Crippen MR) is 142 cm³/mol. The Labute approximate surface area is 211 Å². The van der Waals surface area contributed by atoms with E-state index < -0.39 is 0 Å². The molecule has 0 spiro atoms. The molecule has 7 nitrogen and oxygen atoms in total. The summed E-state index contributed by atoms with van der Waals surface area (Å²) in [5.74, 6) is 1.39. The zero-order valence-electron chi connectivity index (χ0n) is 19.3. The van der Waals surface area contributed by atoms with Crippen molar-refractivity contribution >= 4 is 39.3 Å². The molecule has 8 heteroatoms. The maximum absolute atomic E-state index is 12.7. The van der Waals surface area contributed by atoms with Crippen LogP contribution in [0.25, 0.3) is 38.9 Å². The topological polar surface area (TPSA) is 88.7 Å². The van der Waals surface area contributed by atoms with E-state index in [4.69, 9.17) is 4.42 Å². The highest BCUT2D eigenvalue weighted by Gasteiger charge is 2.20. The molecular weight excluding hydrogens is 470 g/mol. The number of hydrogen-bond donors (Lipinski definition) is 2. The van der Waals surface area contributed by atoms with E-state index in [1.807, 2.05) is 59.3 Å². The standard InChI is InChI=1S/C28H23N5O2S/c34-26(29-15-14-20-17-30-23-11-4-3-9-21(20)23)18-36-28-32-31-27(25-13-6-16-35-25)33(28)24-12-5-8-19-7-1-2-10-22(19)24/h1-13,16-17,30H,14-15,18H2,(H,29,34). The van der Waals surface area contributed by atoms with Gasteiger partial charge in [0.1, 0.15) is 0 Å². The van der Waals surface area contributed by atoms with Gasteiger partial charge in [-0.05, 0) is 41.6 Å². The van der Waals surface area contributed by atoms with Gasteiger partial charge in [-0.2, -0.15) is 0 Å². The molecule has 178 valence electrons. The molecule has 36 heavy (non-hydrogen) atoms. The molecule has 0 aliphatic rings. The van der Waals surface area contributed by atoms with Gasteiger partial charge in [0.15, 0.2) is 10.9 Å². The molecule has 1 amide bonds. The largest absolute Gasteiger partial charge is 0.461 e. The van der Waals surface area contributed by atoms with Gasteiger partial charge in [0.2, 0.25) is 11.7 Å². The number of rotatable bonds is 8. The number of hydrogen-bond acceptors (Lipinski definition) is 5. The lowest BCUT2D eigenvalue weighted by Gasteiger charge is -2.12. The number of nitrogens with zero attached hydrogens (tertiary/aromatic N) is 3. The number of thioether (sulfide) groups is 1. The predicted octanol–water partition coefficient (Wildman–Crippen LogP) is 5.61. The van der Waals surface area contributed by atoms with Gasteiger partial charge in [0.05, 0.1) is 17.7 Å². The lowest BCUT2D eigenvalue weighted by molar-refractivity contribution is -0.118. The molecule has 6 rings (SSSR count). The monoisotopic (exact) mass is 493 g/mol. The van der Waals surface area contributed by atoms with E-state index in [-0.39, 0.29) is 11.7 Å². The van der Waals surface area contributed by atoms with Crippen LogP contribution >= 0.6 is 11.8 Å². The third-order valence-electron chi connectivity index (χ3n) is 6.11. The van der Waals surface area contributed by atoms with Crippen molar-refractivity contribution in [3.63, 3.8) is 0 Å². The SMILES string of the molecule is O=C(CSc1nnc(-c2ccco2)n1-c1cccc2ccccc12)NCCc1c[nH]c2ccccc12. The first-order valence-electron chi connectivity index (χ1n) is 11.7. The number of fused-ring (bicyclic) bond motifs is 2. The number of aromatic amines is 1. The molecule has 0 aliphatic heterocycles. The Balaban J connectivity index is 1.20. The Morgan fingerprint density at radius 2 is 1.78 bits per heavy atom. The summed E-state index contributed by atoms with van der Waals surface area (Å²) < 4.78 is 7.60. The van der Waals surface area contributed by atoms with Crippen molar-refractivity contribution in [3.8, 4) is 17.3 Å². The molecule has 0 saturated heterocycles. The van der Waals surface area contributed by atoms with E-state index in [1.165, 1.54) is 22.7 Å². The van der Waals surface area contributed by atoms with E-state index in [0.29, 0.717) is 23.3 Å². The van der Waals surface area contributed by atoms with Crippen LogP contribution in [-0.4, -0.2) is 38.0 Å². The Morgan fingerprint density at radius 3 is 2.67 bits per heavy atom. The molecule has 0 fully saturated rings. The van der Waals surface area contributed by atoms with Crippen LogP contribution in [0.4, 0.5) is 0 Å². The second kappa shape index (κ2) is 9.75.